The summed E-state index contributed by atoms with van der Waals surface area (Å²) in [7, 11) is 1.59. The van der Waals surface area contributed by atoms with Crippen LogP contribution < -0.4 is 10.1 Å². The van der Waals surface area contributed by atoms with Crippen LogP contribution in [0.15, 0.2) is 29.2 Å². The molecule has 1 amide bonds. The third kappa shape index (κ3) is 4.67. The van der Waals surface area contributed by atoms with E-state index in [2.05, 4.69) is 5.32 Å². The predicted molar refractivity (Wildman–Crippen MR) is 82.8 cm³/mol. The lowest BCUT2D eigenvalue weighted by Gasteiger charge is -2.26. The number of methoxy groups -OCH3 is 1. The van der Waals surface area contributed by atoms with Crippen LogP contribution in [0, 0.1) is 0 Å². The molecule has 0 unspecified atom stereocenters. The largest absolute Gasteiger partial charge is 0.497 e. The first-order valence-corrected chi connectivity index (χ1v) is 7.56. The maximum absolute atomic E-state index is 12.1. The maximum Gasteiger partial charge on any atom is 0.329 e. The quantitative estimate of drug-likeness (QED) is 0.757. The van der Waals surface area contributed by atoms with Crippen molar-refractivity contribution in [2.45, 2.75) is 42.9 Å². The van der Waals surface area contributed by atoms with Gasteiger partial charge >= 0.3 is 5.97 Å². The summed E-state index contributed by atoms with van der Waals surface area (Å²) in [6, 6.07) is 7.37. The number of hydrogen-bond acceptors (Lipinski definition) is 4. The monoisotopic (exact) mass is 311 g/mol. The lowest BCUT2D eigenvalue weighted by molar-refractivity contribution is -0.146. The molecule has 0 aliphatic carbocycles. The molecule has 6 heteroatoms. The number of nitrogens with one attached hydrogen (secondary N) is 1. The maximum atomic E-state index is 12.1. The summed E-state index contributed by atoms with van der Waals surface area (Å²) in [5.74, 6) is -0.566. The van der Waals surface area contributed by atoms with Crippen molar-refractivity contribution in [3.8, 4) is 5.75 Å². The van der Waals surface area contributed by atoms with Crippen molar-refractivity contribution in [2.24, 2.45) is 0 Å². The van der Waals surface area contributed by atoms with Gasteiger partial charge in [0.05, 0.1) is 12.4 Å². The number of rotatable bonds is 7. The van der Waals surface area contributed by atoms with Gasteiger partial charge in [-0.2, -0.15) is 0 Å². The van der Waals surface area contributed by atoms with Crippen molar-refractivity contribution in [3.63, 3.8) is 0 Å². The van der Waals surface area contributed by atoms with Gasteiger partial charge in [0.2, 0.25) is 5.91 Å². The molecule has 2 N–H and O–H groups in total. The summed E-state index contributed by atoms with van der Waals surface area (Å²) in [5.41, 5.74) is -1.23. The van der Waals surface area contributed by atoms with E-state index in [1.54, 1.807) is 21.0 Å². The third-order valence-electron chi connectivity index (χ3n) is 3.32. The molecule has 1 aromatic carbocycles. The minimum atomic E-state index is -1.23. The molecule has 0 heterocycles. The lowest BCUT2D eigenvalue weighted by atomic mass is 9.99. The van der Waals surface area contributed by atoms with Crippen molar-refractivity contribution < 1.29 is 19.4 Å². The zero-order chi connectivity index (χ0) is 16.0. The Bertz CT molecular complexity index is 503. The van der Waals surface area contributed by atoms with E-state index in [1.807, 2.05) is 24.3 Å². The molecular weight excluding hydrogens is 290 g/mol. The standard InChI is InChI=1S/C15H21NO4S/c1-5-15(3,14(18)19)16-13(17)10(2)21-12-8-6-11(20-4)7-9-12/h6-10H,5H2,1-4H3,(H,16,17)(H,18,19)/t10-,15-/m1/s1. The van der Waals surface area contributed by atoms with E-state index in [9.17, 15) is 14.7 Å². The first-order chi connectivity index (χ1) is 9.82. The summed E-state index contributed by atoms with van der Waals surface area (Å²) >= 11 is 1.37. The van der Waals surface area contributed by atoms with E-state index in [0.29, 0.717) is 6.42 Å². The molecule has 5 nitrogen and oxygen atoms in total. The molecular formula is C15H21NO4S. The second-order valence-electron chi connectivity index (χ2n) is 4.92. The number of amides is 1. The number of benzene rings is 1. The fourth-order valence-electron chi connectivity index (χ4n) is 1.58. The molecule has 2 atom stereocenters. The Kier molecular flexibility index (Phi) is 6.08. The molecule has 0 spiro atoms. The van der Waals surface area contributed by atoms with Crippen molar-refractivity contribution in [2.75, 3.05) is 7.11 Å². The number of ether oxygens (including phenoxy) is 1. The summed E-state index contributed by atoms with van der Waals surface area (Å²) in [4.78, 5) is 24.3. The van der Waals surface area contributed by atoms with E-state index in [-0.39, 0.29) is 11.2 Å². The fourth-order valence-corrected chi connectivity index (χ4v) is 2.45. The van der Waals surface area contributed by atoms with Crippen LogP contribution in [0.1, 0.15) is 27.2 Å². The highest BCUT2D eigenvalue weighted by Crippen LogP contribution is 2.26. The Morgan fingerprint density at radius 1 is 1.38 bits per heavy atom. The number of hydrogen-bond donors (Lipinski definition) is 2. The van der Waals surface area contributed by atoms with Gasteiger partial charge in [-0.1, -0.05) is 6.92 Å². The van der Waals surface area contributed by atoms with E-state index < -0.39 is 11.5 Å². The summed E-state index contributed by atoms with van der Waals surface area (Å²) in [5, 5.41) is 11.4. The van der Waals surface area contributed by atoms with Gasteiger partial charge in [0.15, 0.2) is 0 Å². The van der Waals surface area contributed by atoms with E-state index in [1.165, 1.54) is 18.7 Å². The molecule has 0 bridgehead atoms. The molecule has 116 valence electrons. The van der Waals surface area contributed by atoms with Crippen LogP contribution in [-0.2, 0) is 9.59 Å². The Morgan fingerprint density at radius 3 is 2.38 bits per heavy atom. The van der Waals surface area contributed by atoms with Gasteiger partial charge in [-0.3, -0.25) is 4.79 Å². The van der Waals surface area contributed by atoms with Gasteiger partial charge in [0.25, 0.3) is 0 Å². The smallest absolute Gasteiger partial charge is 0.329 e. The Hall–Kier alpha value is -1.69. The molecule has 1 rings (SSSR count). The highest BCUT2D eigenvalue weighted by Gasteiger charge is 2.34. The molecule has 0 saturated carbocycles. The van der Waals surface area contributed by atoms with Crippen LogP contribution in [0.25, 0.3) is 0 Å². The van der Waals surface area contributed by atoms with Crippen LogP contribution in [-0.4, -0.2) is 34.9 Å². The minimum Gasteiger partial charge on any atom is -0.497 e. The predicted octanol–water partition coefficient (Wildman–Crippen LogP) is 2.55. The Balaban J connectivity index is 2.67. The molecule has 0 fully saturated rings. The molecule has 0 radical (unpaired) electrons. The van der Waals surface area contributed by atoms with Crippen molar-refractivity contribution in [3.05, 3.63) is 24.3 Å². The lowest BCUT2D eigenvalue weighted by Crippen LogP contribution is -2.53. The Labute approximate surface area is 129 Å². The number of carbonyl (C=O) groups is 2. The molecule has 0 aliphatic heterocycles. The van der Waals surface area contributed by atoms with Crippen LogP contribution >= 0.6 is 11.8 Å². The summed E-state index contributed by atoms with van der Waals surface area (Å²) in [6.45, 7) is 5.00. The second-order valence-corrected chi connectivity index (χ2v) is 6.33. The van der Waals surface area contributed by atoms with Gasteiger partial charge in [-0.05, 0) is 44.5 Å². The summed E-state index contributed by atoms with van der Waals surface area (Å²) in [6.07, 6.45) is 0.327. The minimum absolute atomic E-state index is 0.289. The normalized spacial score (nSPS) is 14.9. The van der Waals surface area contributed by atoms with Gasteiger partial charge < -0.3 is 15.2 Å². The second kappa shape index (κ2) is 7.36. The zero-order valence-corrected chi connectivity index (χ0v) is 13.5. The Morgan fingerprint density at radius 2 is 1.95 bits per heavy atom. The average Bonchev–Trinajstić information content (AvgIpc) is 2.47. The first-order valence-electron chi connectivity index (χ1n) is 6.68. The number of carboxylic acids is 1. The van der Waals surface area contributed by atoms with Crippen LogP contribution in [0.4, 0.5) is 0 Å². The highest BCUT2D eigenvalue weighted by molar-refractivity contribution is 8.00. The van der Waals surface area contributed by atoms with E-state index >= 15 is 0 Å². The fraction of sp³-hybridized carbons (Fsp3) is 0.467. The summed E-state index contributed by atoms with van der Waals surface area (Å²) < 4.78 is 5.07. The number of carbonyl (C=O) groups excluding carboxylic acids is 1. The van der Waals surface area contributed by atoms with Gasteiger partial charge in [-0.15, -0.1) is 11.8 Å². The van der Waals surface area contributed by atoms with Crippen LogP contribution in [0.5, 0.6) is 5.75 Å². The first kappa shape index (κ1) is 17.4. The van der Waals surface area contributed by atoms with Gasteiger partial charge in [0.1, 0.15) is 11.3 Å². The topological polar surface area (TPSA) is 75.6 Å². The molecule has 0 aromatic heterocycles. The zero-order valence-electron chi connectivity index (χ0n) is 12.7. The molecule has 0 saturated heterocycles. The van der Waals surface area contributed by atoms with Gasteiger partial charge in [-0.25, -0.2) is 4.79 Å². The highest BCUT2D eigenvalue weighted by atomic mass is 32.2. The molecule has 21 heavy (non-hydrogen) atoms. The number of aliphatic carboxylic acids is 1. The van der Waals surface area contributed by atoms with Crippen molar-refractivity contribution in [1.29, 1.82) is 0 Å². The number of carboxylic acid groups (broad SMARTS) is 1. The van der Waals surface area contributed by atoms with Crippen molar-refractivity contribution in [1.82, 2.24) is 5.32 Å². The van der Waals surface area contributed by atoms with Crippen LogP contribution in [0.3, 0.4) is 0 Å². The van der Waals surface area contributed by atoms with Crippen molar-refractivity contribution >= 4 is 23.6 Å². The molecule has 0 aliphatic rings. The van der Waals surface area contributed by atoms with E-state index in [4.69, 9.17) is 4.74 Å². The third-order valence-corrected chi connectivity index (χ3v) is 4.43. The average molecular weight is 311 g/mol. The SMILES string of the molecule is CC[C@@](C)(NC(=O)[C@@H](C)Sc1ccc(OC)cc1)C(=O)O. The van der Waals surface area contributed by atoms with Gasteiger partial charge in [0, 0.05) is 4.90 Å². The van der Waals surface area contributed by atoms with E-state index in [0.717, 1.165) is 10.6 Å². The number of thioether (sulfide) groups is 1. The molecule has 1 aromatic rings. The van der Waals surface area contributed by atoms with Crippen LogP contribution in [0.2, 0.25) is 0 Å².